The molecule has 21 heavy (non-hydrogen) atoms. The van der Waals surface area contributed by atoms with Crippen LogP contribution < -0.4 is 5.32 Å². The molecule has 1 N–H and O–H groups in total. The summed E-state index contributed by atoms with van der Waals surface area (Å²) in [4.78, 5) is 5.68. The van der Waals surface area contributed by atoms with Crippen LogP contribution in [-0.4, -0.2) is 21.8 Å². The second-order valence-electron chi connectivity index (χ2n) is 5.93. The highest BCUT2D eigenvalue weighted by atomic mass is 32.1. The number of rotatable bonds is 5. The van der Waals surface area contributed by atoms with Crippen molar-refractivity contribution in [1.29, 1.82) is 0 Å². The Bertz CT molecular complexity index is 568. The summed E-state index contributed by atoms with van der Waals surface area (Å²) in [6.07, 6.45) is 9.74. The summed E-state index contributed by atoms with van der Waals surface area (Å²) in [5.41, 5.74) is 4.23. The minimum absolute atomic E-state index is 0.312. The molecule has 3 rings (SSSR count). The standard InChI is InChI=1S/C16H24N4S/c1-12-16(21-11-18-12)15(17-2)10-13-8-9-20(19-13)14-6-4-3-5-7-14/h8-9,11,14-15,17H,3-7,10H2,1-2H3. The monoisotopic (exact) mass is 304 g/mol. The maximum absolute atomic E-state index is 4.82. The third kappa shape index (κ3) is 3.35. The minimum Gasteiger partial charge on any atom is -0.312 e. The maximum atomic E-state index is 4.82. The molecule has 0 bridgehead atoms. The highest BCUT2D eigenvalue weighted by Crippen LogP contribution is 2.28. The van der Waals surface area contributed by atoms with E-state index in [2.05, 4.69) is 34.2 Å². The Hall–Kier alpha value is -1.20. The van der Waals surface area contributed by atoms with Gasteiger partial charge < -0.3 is 5.32 Å². The van der Waals surface area contributed by atoms with Gasteiger partial charge in [0.1, 0.15) is 0 Å². The van der Waals surface area contributed by atoms with Gasteiger partial charge in [0, 0.05) is 23.5 Å². The smallest absolute Gasteiger partial charge is 0.0798 e. The number of hydrogen-bond acceptors (Lipinski definition) is 4. The fraction of sp³-hybridized carbons (Fsp3) is 0.625. The first-order chi connectivity index (χ1) is 10.3. The van der Waals surface area contributed by atoms with E-state index in [0.717, 1.165) is 12.1 Å². The molecule has 0 spiro atoms. The fourth-order valence-electron chi connectivity index (χ4n) is 3.22. The summed E-state index contributed by atoms with van der Waals surface area (Å²) in [6.45, 7) is 2.08. The second-order valence-corrected chi connectivity index (χ2v) is 6.81. The van der Waals surface area contributed by atoms with E-state index in [-0.39, 0.29) is 0 Å². The lowest BCUT2D eigenvalue weighted by Gasteiger charge is -2.22. The Morgan fingerprint density at radius 3 is 2.86 bits per heavy atom. The first-order valence-corrected chi connectivity index (χ1v) is 8.77. The first kappa shape index (κ1) is 14.7. The van der Waals surface area contributed by atoms with Crippen molar-refractivity contribution in [2.45, 2.75) is 57.5 Å². The Kier molecular flexibility index (Phi) is 4.70. The summed E-state index contributed by atoms with van der Waals surface area (Å²) in [5.74, 6) is 0. The molecule has 1 aliphatic rings. The van der Waals surface area contributed by atoms with E-state index in [1.165, 1.54) is 42.7 Å². The summed E-state index contributed by atoms with van der Waals surface area (Å²) in [5, 5.41) is 8.23. The molecule has 0 aliphatic heterocycles. The van der Waals surface area contributed by atoms with Gasteiger partial charge in [-0.3, -0.25) is 4.68 Å². The molecule has 1 atom stereocenters. The van der Waals surface area contributed by atoms with Gasteiger partial charge in [0.05, 0.1) is 22.9 Å². The van der Waals surface area contributed by atoms with Gasteiger partial charge in [0.25, 0.3) is 0 Å². The van der Waals surface area contributed by atoms with E-state index in [9.17, 15) is 0 Å². The van der Waals surface area contributed by atoms with Crippen molar-refractivity contribution in [3.05, 3.63) is 34.0 Å². The van der Waals surface area contributed by atoms with Gasteiger partial charge in [-0.05, 0) is 32.9 Å². The van der Waals surface area contributed by atoms with Crippen molar-refractivity contribution < 1.29 is 0 Å². The largest absolute Gasteiger partial charge is 0.312 e. The Labute approximate surface area is 130 Å². The minimum atomic E-state index is 0.312. The lowest BCUT2D eigenvalue weighted by Crippen LogP contribution is -2.19. The molecule has 2 aromatic rings. The van der Waals surface area contributed by atoms with Gasteiger partial charge in [-0.1, -0.05) is 19.3 Å². The number of nitrogens with one attached hydrogen (secondary N) is 1. The van der Waals surface area contributed by atoms with Gasteiger partial charge in [-0.25, -0.2) is 4.98 Å². The highest BCUT2D eigenvalue weighted by Gasteiger charge is 2.19. The van der Waals surface area contributed by atoms with Crippen LogP contribution in [0.25, 0.3) is 0 Å². The van der Waals surface area contributed by atoms with Crippen molar-refractivity contribution in [2.24, 2.45) is 0 Å². The molecule has 4 nitrogen and oxygen atoms in total. The van der Waals surface area contributed by atoms with E-state index in [1.54, 1.807) is 11.3 Å². The number of aromatic nitrogens is 3. The number of likely N-dealkylation sites (N-methyl/N-ethyl adjacent to an activating group) is 1. The SMILES string of the molecule is CNC(Cc1ccn(C2CCCCC2)n1)c1scnc1C. The summed E-state index contributed by atoms with van der Waals surface area (Å²) in [7, 11) is 2.02. The average molecular weight is 304 g/mol. The second kappa shape index (κ2) is 6.71. The van der Waals surface area contributed by atoms with Crippen LogP contribution in [0.15, 0.2) is 17.8 Å². The van der Waals surface area contributed by atoms with Crippen molar-refractivity contribution in [3.8, 4) is 0 Å². The zero-order valence-electron chi connectivity index (χ0n) is 12.9. The summed E-state index contributed by atoms with van der Waals surface area (Å²) in [6, 6.07) is 3.10. The number of nitrogens with zero attached hydrogens (tertiary/aromatic N) is 3. The van der Waals surface area contributed by atoms with Gasteiger partial charge in [-0.15, -0.1) is 11.3 Å². The topological polar surface area (TPSA) is 42.7 Å². The van der Waals surface area contributed by atoms with Crippen LogP contribution in [0.3, 0.4) is 0 Å². The average Bonchev–Trinajstić information content (AvgIpc) is 3.15. The Balaban J connectivity index is 1.69. The lowest BCUT2D eigenvalue weighted by atomic mass is 9.96. The van der Waals surface area contributed by atoms with Crippen LogP contribution in [0.5, 0.6) is 0 Å². The third-order valence-corrected chi connectivity index (χ3v) is 5.52. The molecule has 1 saturated carbocycles. The molecule has 5 heteroatoms. The van der Waals surface area contributed by atoms with Gasteiger partial charge in [0.15, 0.2) is 0 Å². The quantitative estimate of drug-likeness (QED) is 0.916. The fourth-order valence-corrected chi connectivity index (χ4v) is 4.13. The van der Waals surface area contributed by atoms with Crippen LogP contribution in [0, 0.1) is 6.92 Å². The Morgan fingerprint density at radius 2 is 2.19 bits per heavy atom. The van der Waals surface area contributed by atoms with Gasteiger partial charge >= 0.3 is 0 Å². The van der Waals surface area contributed by atoms with Gasteiger partial charge in [0.2, 0.25) is 0 Å². The van der Waals surface area contributed by atoms with Crippen molar-refractivity contribution in [3.63, 3.8) is 0 Å². The summed E-state index contributed by atoms with van der Waals surface area (Å²) < 4.78 is 2.20. The van der Waals surface area contributed by atoms with E-state index in [4.69, 9.17) is 5.10 Å². The molecular formula is C16H24N4S. The number of thiazole rings is 1. The first-order valence-electron chi connectivity index (χ1n) is 7.89. The molecule has 0 saturated heterocycles. The molecule has 0 radical (unpaired) electrons. The van der Waals surface area contributed by atoms with E-state index in [1.807, 2.05) is 12.6 Å². The lowest BCUT2D eigenvalue weighted by molar-refractivity contribution is 0.327. The number of aryl methyl sites for hydroxylation is 1. The molecule has 1 unspecified atom stereocenters. The maximum Gasteiger partial charge on any atom is 0.0798 e. The molecule has 1 fully saturated rings. The van der Waals surface area contributed by atoms with Crippen molar-refractivity contribution in [2.75, 3.05) is 7.05 Å². The zero-order chi connectivity index (χ0) is 14.7. The molecule has 1 aliphatic carbocycles. The molecule has 2 heterocycles. The molecular weight excluding hydrogens is 280 g/mol. The predicted octanol–water partition coefficient (Wildman–Crippen LogP) is 3.66. The molecule has 114 valence electrons. The number of hydrogen-bond donors (Lipinski definition) is 1. The Morgan fingerprint density at radius 1 is 1.38 bits per heavy atom. The normalized spacial score (nSPS) is 18.0. The van der Waals surface area contributed by atoms with Crippen molar-refractivity contribution >= 4 is 11.3 Å². The van der Waals surface area contributed by atoms with Gasteiger partial charge in [-0.2, -0.15) is 5.10 Å². The molecule has 0 amide bonds. The van der Waals surface area contributed by atoms with Crippen LogP contribution in [0.1, 0.15) is 60.5 Å². The highest BCUT2D eigenvalue weighted by molar-refractivity contribution is 7.09. The van der Waals surface area contributed by atoms with E-state index < -0.39 is 0 Å². The zero-order valence-corrected chi connectivity index (χ0v) is 13.7. The van der Waals surface area contributed by atoms with E-state index in [0.29, 0.717) is 12.1 Å². The van der Waals surface area contributed by atoms with Crippen LogP contribution in [-0.2, 0) is 6.42 Å². The summed E-state index contributed by atoms with van der Waals surface area (Å²) >= 11 is 1.73. The van der Waals surface area contributed by atoms with E-state index >= 15 is 0 Å². The van der Waals surface area contributed by atoms with Crippen LogP contribution >= 0.6 is 11.3 Å². The van der Waals surface area contributed by atoms with Crippen molar-refractivity contribution in [1.82, 2.24) is 20.1 Å². The van der Waals surface area contributed by atoms with Crippen LogP contribution in [0.2, 0.25) is 0 Å². The molecule has 2 aromatic heterocycles. The third-order valence-electron chi connectivity index (χ3n) is 4.47. The molecule has 0 aromatic carbocycles. The predicted molar refractivity (Wildman–Crippen MR) is 86.7 cm³/mol. The van der Waals surface area contributed by atoms with Crippen LogP contribution in [0.4, 0.5) is 0 Å².